The molecule has 0 atom stereocenters. The van der Waals surface area contributed by atoms with Gasteiger partial charge in [0.15, 0.2) is 0 Å². The molecule has 0 bridgehead atoms. The Hall–Kier alpha value is -3.94. The third-order valence-electron chi connectivity index (χ3n) is 5.54. The number of unbranched alkanes of at least 4 members (excludes halogenated alkanes) is 1. The number of nitrogens with zero attached hydrogens (tertiary/aromatic N) is 5. The number of hydrogen-bond acceptors (Lipinski definition) is 6. The van der Waals surface area contributed by atoms with Crippen molar-refractivity contribution in [3.8, 4) is 22.5 Å². The summed E-state index contributed by atoms with van der Waals surface area (Å²) in [6, 6.07) is 16.2. The number of aromatic amines is 1. The molecule has 8 heteroatoms. The maximum Gasteiger partial charge on any atom is 0.309 e. The van der Waals surface area contributed by atoms with Gasteiger partial charge in [0, 0.05) is 23.2 Å². The lowest BCUT2D eigenvalue weighted by Crippen LogP contribution is -2.13. The Balaban J connectivity index is 1.66. The number of carbonyl (C=O) groups is 1. The lowest BCUT2D eigenvalue weighted by molar-refractivity contribution is -0.136. The quantitative estimate of drug-likeness (QED) is 0.399. The van der Waals surface area contributed by atoms with Crippen LogP contribution in [0.5, 0.6) is 0 Å². The summed E-state index contributed by atoms with van der Waals surface area (Å²) < 4.78 is 0. The third-order valence-corrected chi connectivity index (χ3v) is 5.54. The fraction of sp³-hybridized carbons (Fsp3) is 0.280. The highest BCUT2D eigenvalue weighted by Crippen LogP contribution is 2.30. The van der Waals surface area contributed by atoms with Crippen LogP contribution in [-0.4, -0.2) is 41.7 Å². The van der Waals surface area contributed by atoms with Crippen molar-refractivity contribution >= 4 is 5.97 Å². The minimum Gasteiger partial charge on any atom is -0.481 e. The van der Waals surface area contributed by atoms with Crippen LogP contribution in [0.1, 0.15) is 48.1 Å². The van der Waals surface area contributed by atoms with Gasteiger partial charge in [-0.05, 0) is 41.7 Å². The number of hydrogen-bond donors (Lipinski definition) is 2. The molecule has 33 heavy (non-hydrogen) atoms. The van der Waals surface area contributed by atoms with E-state index in [1.807, 2.05) is 31.2 Å². The van der Waals surface area contributed by atoms with Gasteiger partial charge in [-0.3, -0.25) is 4.79 Å². The Morgan fingerprint density at radius 1 is 1.00 bits per heavy atom. The SMILES string of the molecule is CCCCc1nc(C)nc(CC(=O)O)c1Cc1ccc(-c2ccccc2-c2nn[nH]n2)cc1. The van der Waals surface area contributed by atoms with Gasteiger partial charge in [0.1, 0.15) is 5.82 Å². The van der Waals surface area contributed by atoms with E-state index >= 15 is 0 Å². The number of aliphatic carboxylic acids is 1. The van der Waals surface area contributed by atoms with Crippen molar-refractivity contribution in [3.63, 3.8) is 0 Å². The molecule has 0 amide bonds. The van der Waals surface area contributed by atoms with Crippen molar-refractivity contribution in [2.75, 3.05) is 0 Å². The van der Waals surface area contributed by atoms with E-state index in [1.54, 1.807) is 0 Å². The molecule has 8 nitrogen and oxygen atoms in total. The zero-order valence-corrected chi connectivity index (χ0v) is 18.7. The van der Waals surface area contributed by atoms with Crippen LogP contribution in [0.3, 0.4) is 0 Å². The van der Waals surface area contributed by atoms with Gasteiger partial charge in [0.05, 0.1) is 12.1 Å². The predicted octanol–water partition coefficient (Wildman–Crippen LogP) is 4.19. The van der Waals surface area contributed by atoms with Gasteiger partial charge in [-0.1, -0.05) is 61.9 Å². The predicted molar refractivity (Wildman–Crippen MR) is 125 cm³/mol. The van der Waals surface area contributed by atoms with Crippen LogP contribution in [0.15, 0.2) is 48.5 Å². The number of rotatable bonds is 9. The summed E-state index contributed by atoms with van der Waals surface area (Å²) in [5, 5.41) is 23.8. The average Bonchev–Trinajstić information content (AvgIpc) is 3.34. The number of H-pyrrole nitrogens is 1. The first-order valence-electron chi connectivity index (χ1n) is 11.0. The van der Waals surface area contributed by atoms with Crippen LogP contribution < -0.4 is 0 Å². The number of aryl methyl sites for hydroxylation is 2. The second kappa shape index (κ2) is 10.1. The minimum atomic E-state index is -0.885. The molecule has 168 valence electrons. The monoisotopic (exact) mass is 442 g/mol. The topological polar surface area (TPSA) is 118 Å². The summed E-state index contributed by atoms with van der Waals surface area (Å²) in [5.74, 6) is 0.282. The van der Waals surface area contributed by atoms with Gasteiger partial charge < -0.3 is 5.11 Å². The number of nitrogens with one attached hydrogen (secondary N) is 1. The summed E-state index contributed by atoms with van der Waals surface area (Å²) in [6.45, 7) is 3.96. The van der Waals surface area contributed by atoms with Crippen LogP contribution in [0, 0.1) is 6.92 Å². The standard InChI is InChI=1S/C25H26N6O2/c1-3-4-9-22-21(23(15-24(32)33)27-16(2)26-22)14-17-10-12-18(13-11-17)19-7-5-6-8-20(19)25-28-30-31-29-25/h5-8,10-13H,3-4,9,14-15H2,1-2H3,(H,32,33)(H,28,29,30,31). The summed E-state index contributed by atoms with van der Waals surface area (Å²) in [7, 11) is 0. The fourth-order valence-electron chi connectivity index (χ4n) is 3.97. The highest BCUT2D eigenvalue weighted by molar-refractivity contribution is 5.80. The van der Waals surface area contributed by atoms with Crippen molar-refractivity contribution in [3.05, 3.63) is 76.9 Å². The number of carboxylic acids is 1. The van der Waals surface area contributed by atoms with E-state index in [1.165, 1.54) is 0 Å². The Labute approximate surface area is 192 Å². The van der Waals surface area contributed by atoms with Gasteiger partial charge in [-0.2, -0.15) is 5.21 Å². The van der Waals surface area contributed by atoms with Crippen molar-refractivity contribution in [2.24, 2.45) is 0 Å². The highest BCUT2D eigenvalue weighted by Gasteiger charge is 2.17. The number of carboxylic acid groups (broad SMARTS) is 1. The van der Waals surface area contributed by atoms with Gasteiger partial charge in [0.2, 0.25) is 5.82 Å². The van der Waals surface area contributed by atoms with E-state index in [2.05, 4.69) is 61.8 Å². The maximum atomic E-state index is 11.5. The minimum absolute atomic E-state index is 0.103. The molecule has 0 aliphatic heterocycles. The molecule has 0 saturated heterocycles. The van der Waals surface area contributed by atoms with Gasteiger partial charge in [0.25, 0.3) is 0 Å². The summed E-state index contributed by atoms with van der Waals surface area (Å²) in [6.07, 6.45) is 3.35. The molecule has 2 aromatic heterocycles. The Bertz CT molecular complexity index is 1240. The molecule has 0 aliphatic rings. The molecule has 2 aromatic carbocycles. The Kier molecular flexibility index (Phi) is 6.83. The van der Waals surface area contributed by atoms with Gasteiger partial charge in [-0.25, -0.2) is 9.97 Å². The highest BCUT2D eigenvalue weighted by atomic mass is 16.4. The first kappa shape index (κ1) is 22.3. The molecule has 4 rings (SSSR count). The fourth-order valence-corrected chi connectivity index (χ4v) is 3.97. The molecule has 0 saturated carbocycles. The second-order valence-corrected chi connectivity index (χ2v) is 7.97. The van der Waals surface area contributed by atoms with Crippen molar-refractivity contribution < 1.29 is 9.90 Å². The number of tetrazole rings is 1. The molecule has 2 heterocycles. The zero-order valence-electron chi connectivity index (χ0n) is 18.7. The van der Waals surface area contributed by atoms with E-state index in [-0.39, 0.29) is 6.42 Å². The van der Waals surface area contributed by atoms with Crippen LogP contribution in [-0.2, 0) is 24.1 Å². The van der Waals surface area contributed by atoms with Gasteiger partial charge in [-0.15, -0.1) is 10.2 Å². The maximum absolute atomic E-state index is 11.5. The van der Waals surface area contributed by atoms with Crippen LogP contribution in [0.2, 0.25) is 0 Å². The second-order valence-electron chi connectivity index (χ2n) is 7.97. The van der Waals surface area contributed by atoms with E-state index in [4.69, 9.17) is 0 Å². The molecule has 4 aromatic rings. The van der Waals surface area contributed by atoms with E-state index in [0.29, 0.717) is 23.8 Å². The van der Waals surface area contributed by atoms with Crippen LogP contribution in [0.4, 0.5) is 0 Å². The smallest absolute Gasteiger partial charge is 0.309 e. The van der Waals surface area contributed by atoms with Crippen LogP contribution in [0.25, 0.3) is 22.5 Å². The Morgan fingerprint density at radius 3 is 2.39 bits per heavy atom. The largest absolute Gasteiger partial charge is 0.481 e. The molecular formula is C25H26N6O2. The van der Waals surface area contributed by atoms with Crippen LogP contribution >= 0.6 is 0 Å². The lowest BCUT2D eigenvalue weighted by atomic mass is 9.94. The zero-order chi connectivity index (χ0) is 23.2. The number of benzene rings is 2. The number of aromatic nitrogens is 6. The lowest BCUT2D eigenvalue weighted by Gasteiger charge is -2.14. The molecule has 0 fully saturated rings. The molecule has 0 unspecified atom stereocenters. The average molecular weight is 443 g/mol. The normalized spacial score (nSPS) is 11.0. The van der Waals surface area contributed by atoms with E-state index in [9.17, 15) is 9.90 Å². The molecule has 0 radical (unpaired) electrons. The van der Waals surface area contributed by atoms with E-state index in [0.717, 1.165) is 52.8 Å². The molecule has 0 spiro atoms. The molecular weight excluding hydrogens is 416 g/mol. The van der Waals surface area contributed by atoms with Crippen molar-refractivity contribution in [2.45, 2.75) is 46.0 Å². The third kappa shape index (κ3) is 5.28. The summed E-state index contributed by atoms with van der Waals surface area (Å²) in [5.41, 5.74) is 6.51. The van der Waals surface area contributed by atoms with Crippen molar-refractivity contribution in [1.82, 2.24) is 30.6 Å². The summed E-state index contributed by atoms with van der Waals surface area (Å²) in [4.78, 5) is 20.6. The first-order chi connectivity index (χ1) is 16.0. The van der Waals surface area contributed by atoms with E-state index < -0.39 is 5.97 Å². The molecule has 0 aliphatic carbocycles. The molecule has 2 N–H and O–H groups in total. The van der Waals surface area contributed by atoms with Crippen molar-refractivity contribution in [1.29, 1.82) is 0 Å². The van der Waals surface area contributed by atoms with Gasteiger partial charge >= 0.3 is 5.97 Å². The summed E-state index contributed by atoms with van der Waals surface area (Å²) >= 11 is 0. The first-order valence-corrected chi connectivity index (χ1v) is 11.0. The Morgan fingerprint density at radius 2 is 1.73 bits per heavy atom.